The van der Waals surface area contributed by atoms with Crippen LogP contribution in [0, 0.1) is 0 Å². The van der Waals surface area contributed by atoms with E-state index in [-0.39, 0.29) is 0 Å². The summed E-state index contributed by atoms with van der Waals surface area (Å²) in [6.07, 6.45) is -98.5. The average molecular weight is 2120 g/mol. The van der Waals surface area contributed by atoms with Crippen LogP contribution in [0.2, 0.25) is 0 Å². The Morgan fingerprint density at radius 3 is 0.993 bits per heavy atom. The van der Waals surface area contributed by atoms with Crippen LogP contribution in [0.5, 0.6) is 0 Å². The largest absolute Gasteiger partial charge is 0.477 e. The number of carbonyl (C=O) groups excluding carboxylic acids is 6. The summed E-state index contributed by atoms with van der Waals surface area (Å²) >= 11 is 0. The Labute approximate surface area is 815 Å². The van der Waals surface area contributed by atoms with Gasteiger partial charge in [-0.3, -0.25) is 28.8 Å². The topological polar surface area (TPSA) is 1090 Å². The highest BCUT2D eigenvalue weighted by Crippen LogP contribution is 2.45. The number of hydrogen-bond acceptors (Lipinski definition) is 57. The van der Waals surface area contributed by atoms with Crippen molar-refractivity contribution in [2.24, 2.45) is 0 Å². The number of aliphatic hydroxyl groups excluding tert-OH is 30. The van der Waals surface area contributed by atoms with Gasteiger partial charge in [0.1, 0.15) is 216 Å². The van der Waals surface area contributed by atoms with E-state index in [9.17, 15) is 222 Å². The van der Waals surface area contributed by atoms with Gasteiger partial charge in [-0.2, -0.15) is 0 Å². The van der Waals surface area contributed by atoms with Crippen molar-refractivity contribution in [2.75, 3.05) is 79.3 Å². The highest BCUT2D eigenvalue weighted by molar-refractivity contribution is 5.81. The molecule has 0 aromatic carbocycles. The number of carboxylic acids is 4. The van der Waals surface area contributed by atoms with E-state index in [2.05, 4.69) is 10.6 Å². The molecule has 0 radical (unpaired) electrons. The lowest BCUT2D eigenvalue weighted by Crippen LogP contribution is -2.72. The quantitative estimate of drug-likeness (QED) is 0.0269. The zero-order valence-corrected chi connectivity index (χ0v) is 76.5. The smallest absolute Gasteiger partial charge is 0.364 e. The number of aliphatic hydroxyl groups is 30. The maximum Gasteiger partial charge on any atom is 0.364 e. The summed E-state index contributed by atoms with van der Waals surface area (Å²) in [6, 6.07) is -13.1. The second kappa shape index (κ2) is 51.8. The molecular formula is C78H126N6O61. The van der Waals surface area contributed by atoms with Crippen LogP contribution in [0.3, 0.4) is 0 Å². The number of carboxylic acid groups (broad SMARTS) is 4. The van der Waals surface area contributed by atoms with Gasteiger partial charge >= 0.3 is 23.9 Å². The first-order valence-corrected chi connectivity index (χ1v) is 44.7. The maximum atomic E-state index is 14.0. The summed E-state index contributed by atoms with van der Waals surface area (Å²) in [7, 11) is 0. The van der Waals surface area contributed by atoms with Gasteiger partial charge in [0.2, 0.25) is 35.4 Å². The summed E-state index contributed by atoms with van der Waals surface area (Å²) in [5.41, 5.74) is 0. The predicted molar refractivity (Wildman–Crippen MR) is 440 cm³/mol. The van der Waals surface area contributed by atoms with Gasteiger partial charge in [-0.1, -0.05) is 0 Å². The van der Waals surface area contributed by atoms with Gasteiger partial charge in [0.25, 0.3) is 23.1 Å². The molecule has 9 aliphatic rings. The lowest BCUT2D eigenvalue weighted by Gasteiger charge is -2.51. The van der Waals surface area contributed by atoms with Crippen molar-refractivity contribution in [1.82, 2.24) is 31.9 Å². The molecular weight excluding hydrogens is 2000 g/mol. The fourth-order valence-electron chi connectivity index (χ4n) is 18.0. The monoisotopic (exact) mass is 2120 g/mol. The molecule has 0 aromatic heterocycles. The van der Waals surface area contributed by atoms with E-state index in [1.54, 1.807) is 0 Å². The second-order valence-electron chi connectivity index (χ2n) is 35.4. The molecule has 0 spiro atoms. The van der Waals surface area contributed by atoms with Crippen LogP contribution in [-0.4, -0.2) is 611 Å². The number of amides is 6. The fraction of sp³-hybridized carbons (Fsp3) is 0.872. The Morgan fingerprint density at radius 1 is 0.317 bits per heavy atom. The summed E-state index contributed by atoms with van der Waals surface area (Å²) in [5.74, 6) is -32.5. The number of aliphatic carboxylic acids is 4. The molecule has 145 heavy (non-hydrogen) atoms. The molecule has 67 heteroatoms. The normalized spacial score (nSPS) is 42.1. The summed E-state index contributed by atoms with van der Waals surface area (Å²) < 4.78 is 97.4. The Morgan fingerprint density at radius 2 is 0.628 bits per heavy atom. The Bertz CT molecular complexity index is 4270. The van der Waals surface area contributed by atoms with Crippen LogP contribution in [0.25, 0.3) is 0 Å². The standard InChI is InChI=1S/C78H126N6O61/c1-20-45(107)53(115)55(117)68(130-20)137-60-44(80-22(3)97)67(132-28(9-86)47(60)109)138-65-48(110)29(10-87)133-70(57(65)119)135-58-33(14-91)134-69(56(118)54(58)116)136-59-43(79-21(2)96)66(120)131-34(52(59)114)19-129-75(71(121)122)4-23(98)40(82-36(104)16-93)62(142-75)49(111)30(11-88)140-77(73(125)126)6-25(100)42(84-38(106)18-95)64(144-77)51(113)32(13-90)141-78(74(127)128)7-26(101)41(83-37(105)17-94)63(145-78)50(112)31(12-89)139-76(72(123)124)5-24(99)39(81-35(103)15-92)61(143-76)46(108)27(102)8-85/h20,23-34,39-70,85-95,98-102,107-120H,4-19H2,1-3H3,(H,79,96)(H,80,97)(H,81,103)(H,82,104)(H,83,105)(H,84,106)(H,121,122)(H,123,124)(H,125,126)(H,127,128)/t20-,23-,24-,25-,26-,27+,28+,29+,30+,31+,32+,33+,34+,39+,40+,41+,42+,43+,44+,45+,46+,47-,48-,49+,50+,51+,52-,53+,54+,55-,56+,57+,58-,59+,60+,61+,62+,63+,64+,65-,66?,67-,68-,69-,70-,75+,76+,77+,78+/m0/s1. The number of ether oxygens (including phenoxy) is 17. The zero-order chi connectivity index (χ0) is 108. The SMILES string of the molecule is CC(=O)N[C@H]1[C@H](O[C@H]2[C@@H](O)[C@@H](CO)O[C@@H](O[C@@H]3[C@H](O)[C@@H](O)[C@H](O[C@H]4[C@@H](O)[C@@H](CO[C@]5(C(=O)O)C[C@H](O)[C@@H](NC(=O)CO)[C@H]([C@H](O)[C@@H](CO)O[C@]6(C(=O)O)C[C@H](O)[C@@H](NC(=O)CO)[C@H]([C@H](O)[C@@H](CO)O[C@]7(C(=O)O)C[C@H](O)[C@@H](NC(=O)CO)[C@H]([C@H](O)[C@@H](CO)O[C@]8(C(=O)O)C[C@H](O)[C@@H](NC(=O)CO)[C@H]([C@H](O)[C@H](O)CO)O8)O7)O6)O5)OC(O)[C@@H]4NC(C)=O)O[C@@H]3CO)[C@@H]2O)O[C@H](CO)[C@H](O)[C@@H]1O[C@@H]1O[C@@H](C)[C@@H](O)[C@@H](O)[C@@H]1O. The third-order valence-corrected chi connectivity index (χ3v) is 25.5. The molecule has 67 nitrogen and oxygen atoms in total. The molecule has 0 aromatic rings. The first-order valence-electron chi connectivity index (χ1n) is 44.7. The number of nitrogens with one attached hydrogen (secondary N) is 6. The van der Waals surface area contributed by atoms with E-state index in [0.29, 0.717) is 0 Å². The lowest BCUT2D eigenvalue weighted by molar-refractivity contribution is -0.386. The molecule has 1 unspecified atom stereocenters. The van der Waals surface area contributed by atoms with E-state index < -0.39 is 463 Å². The average Bonchev–Trinajstić information content (AvgIpc) is 0.748. The van der Waals surface area contributed by atoms with Crippen molar-refractivity contribution in [1.29, 1.82) is 0 Å². The van der Waals surface area contributed by atoms with E-state index >= 15 is 0 Å². The van der Waals surface area contributed by atoms with Gasteiger partial charge in [0, 0.05) is 39.5 Å². The minimum absolute atomic E-state index is 0.840. The van der Waals surface area contributed by atoms with Crippen LogP contribution in [0.4, 0.5) is 0 Å². The minimum atomic E-state index is -3.88. The molecule has 9 heterocycles. The van der Waals surface area contributed by atoms with Gasteiger partial charge in [-0.05, 0) is 6.92 Å². The van der Waals surface area contributed by atoms with Crippen LogP contribution in [0.1, 0.15) is 46.5 Å². The summed E-state index contributed by atoms with van der Waals surface area (Å²) in [6.45, 7) is -14.7. The van der Waals surface area contributed by atoms with Gasteiger partial charge in [0.05, 0.1) is 108 Å². The van der Waals surface area contributed by atoms with E-state index in [4.69, 9.17) is 80.5 Å². The molecule has 40 N–H and O–H groups in total. The van der Waals surface area contributed by atoms with Crippen molar-refractivity contribution in [3.05, 3.63) is 0 Å². The summed E-state index contributed by atoms with van der Waals surface area (Å²) in [5, 5.41) is 390. The van der Waals surface area contributed by atoms with E-state index in [0.717, 1.165) is 13.8 Å². The maximum absolute atomic E-state index is 14.0. The number of carbonyl (C=O) groups is 10. The lowest BCUT2D eigenvalue weighted by atomic mass is 9.86. The third kappa shape index (κ3) is 26.9. The molecule has 9 aliphatic heterocycles. The molecule has 0 saturated carbocycles. The minimum Gasteiger partial charge on any atom is -0.477 e. The Hall–Kier alpha value is -7.18. The van der Waals surface area contributed by atoms with Crippen LogP contribution < -0.4 is 31.9 Å². The first-order chi connectivity index (χ1) is 68.1. The molecule has 49 atom stereocenters. The highest BCUT2D eigenvalue weighted by atomic mass is 16.8. The molecule has 0 aliphatic carbocycles. The molecule has 9 rings (SSSR count). The zero-order valence-electron chi connectivity index (χ0n) is 76.5. The molecule has 9 fully saturated rings. The van der Waals surface area contributed by atoms with Gasteiger partial charge < -0.3 is 286 Å². The fourth-order valence-corrected chi connectivity index (χ4v) is 18.0. The van der Waals surface area contributed by atoms with E-state index in [1.165, 1.54) is 6.92 Å². The number of hydrogen-bond donors (Lipinski definition) is 40. The first kappa shape index (κ1) is 121. The van der Waals surface area contributed by atoms with Gasteiger partial charge in [-0.15, -0.1) is 0 Å². The van der Waals surface area contributed by atoms with Gasteiger partial charge in [0.15, 0.2) is 31.5 Å². The van der Waals surface area contributed by atoms with Crippen LogP contribution in [0.15, 0.2) is 0 Å². The molecule has 0 bridgehead atoms. The van der Waals surface area contributed by atoms with Crippen LogP contribution >= 0.6 is 0 Å². The molecule has 9 saturated heterocycles. The van der Waals surface area contributed by atoms with Crippen LogP contribution in [-0.2, 0) is 128 Å². The van der Waals surface area contributed by atoms with Crippen molar-refractivity contribution in [2.45, 2.75) is 345 Å². The van der Waals surface area contributed by atoms with E-state index in [1.807, 2.05) is 21.3 Å². The van der Waals surface area contributed by atoms with Gasteiger partial charge in [-0.25, -0.2) is 19.2 Å². The predicted octanol–water partition coefficient (Wildman–Crippen LogP) is -26.0. The Balaban J connectivity index is 0.961. The molecule has 834 valence electrons. The van der Waals surface area contributed by atoms with Crippen molar-refractivity contribution >= 4 is 59.3 Å². The second-order valence-corrected chi connectivity index (χ2v) is 35.4. The molecule has 6 amide bonds. The van der Waals surface area contributed by atoms with Crippen molar-refractivity contribution in [3.63, 3.8) is 0 Å². The van der Waals surface area contributed by atoms with Crippen molar-refractivity contribution < 1.29 is 302 Å². The van der Waals surface area contributed by atoms with Crippen molar-refractivity contribution in [3.8, 4) is 0 Å². The Kier molecular flexibility index (Phi) is 43.3. The number of rotatable bonds is 46. The highest BCUT2D eigenvalue weighted by Gasteiger charge is 2.67. The summed E-state index contributed by atoms with van der Waals surface area (Å²) in [4.78, 5) is 132. The third-order valence-electron chi connectivity index (χ3n) is 25.5.